The molecule has 11 heavy (non-hydrogen) atoms. The standard InChI is InChI=1S/C8H10FNO/c1-10-7-4-3-6(9)5-8(7)11-2/h3-5,10H,1-2H3. The molecule has 0 saturated heterocycles. The van der Waals surface area contributed by atoms with Crippen molar-refractivity contribution in [3.63, 3.8) is 0 Å². The molecule has 0 fully saturated rings. The molecule has 0 bridgehead atoms. The van der Waals surface area contributed by atoms with Gasteiger partial charge in [-0.1, -0.05) is 0 Å². The molecule has 3 heteroatoms. The van der Waals surface area contributed by atoms with Gasteiger partial charge in [0.2, 0.25) is 0 Å². The topological polar surface area (TPSA) is 21.3 Å². The normalized spacial score (nSPS) is 9.36. The maximum Gasteiger partial charge on any atom is 0.144 e. The third-order valence-electron chi connectivity index (χ3n) is 1.43. The van der Waals surface area contributed by atoms with Gasteiger partial charge in [0.05, 0.1) is 12.8 Å². The number of methoxy groups -OCH3 is 1. The van der Waals surface area contributed by atoms with E-state index in [9.17, 15) is 4.39 Å². The van der Waals surface area contributed by atoms with E-state index in [1.54, 1.807) is 13.1 Å². The van der Waals surface area contributed by atoms with Crippen LogP contribution >= 0.6 is 0 Å². The van der Waals surface area contributed by atoms with Crippen molar-refractivity contribution in [3.8, 4) is 5.75 Å². The fourth-order valence-electron chi connectivity index (χ4n) is 0.872. The Kier molecular flexibility index (Phi) is 2.31. The molecule has 2 nitrogen and oxygen atoms in total. The molecule has 1 N–H and O–H groups in total. The number of hydrogen-bond donors (Lipinski definition) is 1. The van der Waals surface area contributed by atoms with Crippen LogP contribution in [0, 0.1) is 5.82 Å². The molecule has 0 amide bonds. The SMILES string of the molecule is CNc1ccc(F)cc1OC. The molecule has 1 aromatic carbocycles. The predicted molar refractivity (Wildman–Crippen MR) is 42.5 cm³/mol. The van der Waals surface area contributed by atoms with Gasteiger partial charge in [0, 0.05) is 13.1 Å². The Morgan fingerprint density at radius 2 is 2.18 bits per heavy atom. The summed E-state index contributed by atoms with van der Waals surface area (Å²) in [5, 5.41) is 2.88. The third kappa shape index (κ3) is 1.61. The molecule has 0 aromatic heterocycles. The highest BCUT2D eigenvalue weighted by atomic mass is 19.1. The average Bonchev–Trinajstić information content (AvgIpc) is 2.04. The van der Waals surface area contributed by atoms with Crippen LogP contribution in [0.4, 0.5) is 10.1 Å². The first kappa shape index (κ1) is 7.85. The fourth-order valence-corrected chi connectivity index (χ4v) is 0.872. The van der Waals surface area contributed by atoms with Crippen LogP contribution in [0.25, 0.3) is 0 Å². The summed E-state index contributed by atoms with van der Waals surface area (Å²) in [6, 6.07) is 4.36. The zero-order valence-electron chi connectivity index (χ0n) is 6.52. The van der Waals surface area contributed by atoms with Gasteiger partial charge >= 0.3 is 0 Å². The second-order valence-electron chi connectivity index (χ2n) is 2.09. The first-order valence-electron chi connectivity index (χ1n) is 3.29. The van der Waals surface area contributed by atoms with Crippen LogP contribution in [0.15, 0.2) is 18.2 Å². The number of halogens is 1. The van der Waals surface area contributed by atoms with E-state index in [-0.39, 0.29) is 5.82 Å². The Morgan fingerprint density at radius 1 is 1.45 bits per heavy atom. The third-order valence-corrected chi connectivity index (χ3v) is 1.43. The van der Waals surface area contributed by atoms with Crippen molar-refractivity contribution in [1.82, 2.24) is 0 Å². The Labute approximate surface area is 65.0 Å². The van der Waals surface area contributed by atoms with Crippen LogP contribution in [0.5, 0.6) is 5.75 Å². The van der Waals surface area contributed by atoms with E-state index in [0.717, 1.165) is 5.69 Å². The molecule has 0 aliphatic heterocycles. The van der Waals surface area contributed by atoms with Crippen molar-refractivity contribution in [1.29, 1.82) is 0 Å². The zero-order valence-corrected chi connectivity index (χ0v) is 6.52. The van der Waals surface area contributed by atoms with Crippen molar-refractivity contribution < 1.29 is 9.13 Å². The monoisotopic (exact) mass is 155 g/mol. The predicted octanol–water partition coefficient (Wildman–Crippen LogP) is 1.88. The Bertz CT molecular complexity index is 250. The lowest BCUT2D eigenvalue weighted by molar-refractivity contribution is 0.413. The summed E-state index contributed by atoms with van der Waals surface area (Å²) in [4.78, 5) is 0. The summed E-state index contributed by atoms with van der Waals surface area (Å²) in [6.07, 6.45) is 0. The lowest BCUT2D eigenvalue weighted by Gasteiger charge is -2.06. The van der Waals surface area contributed by atoms with E-state index in [0.29, 0.717) is 5.75 Å². The number of benzene rings is 1. The minimum absolute atomic E-state index is 0.291. The number of rotatable bonds is 2. The molecule has 0 heterocycles. The number of ether oxygens (including phenoxy) is 1. The van der Waals surface area contributed by atoms with Crippen LogP contribution in [-0.4, -0.2) is 14.2 Å². The van der Waals surface area contributed by atoms with E-state index in [1.807, 2.05) is 0 Å². The number of anilines is 1. The minimum atomic E-state index is -0.291. The highest BCUT2D eigenvalue weighted by molar-refractivity contribution is 5.55. The second-order valence-corrected chi connectivity index (χ2v) is 2.09. The summed E-state index contributed by atoms with van der Waals surface area (Å²) in [6.45, 7) is 0. The largest absolute Gasteiger partial charge is 0.494 e. The summed E-state index contributed by atoms with van der Waals surface area (Å²) < 4.78 is 17.5. The second kappa shape index (κ2) is 3.23. The maximum absolute atomic E-state index is 12.6. The summed E-state index contributed by atoms with van der Waals surface area (Å²) in [5.41, 5.74) is 0.786. The van der Waals surface area contributed by atoms with Crippen molar-refractivity contribution in [3.05, 3.63) is 24.0 Å². The highest BCUT2D eigenvalue weighted by Gasteiger charge is 2.00. The van der Waals surface area contributed by atoms with Gasteiger partial charge in [-0.15, -0.1) is 0 Å². The Balaban J connectivity index is 3.06. The Hall–Kier alpha value is -1.25. The molecule has 0 unspecified atom stereocenters. The van der Waals surface area contributed by atoms with Crippen molar-refractivity contribution in [2.45, 2.75) is 0 Å². The molecule has 0 saturated carbocycles. The van der Waals surface area contributed by atoms with Gasteiger partial charge in [-0.05, 0) is 12.1 Å². The van der Waals surface area contributed by atoms with Crippen LogP contribution in [-0.2, 0) is 0 Å². The van der Waals surface area contributed by atoms with Gasteiger partial charge < -0.3 is 10.1 Å². The number of nitrogens with one attached hydrogen (secondary N) is 1. The smallest absolute Gasteiger partial charge is 0.144 e. The Morgan fingerprint density at radius 3 is 2.73 bits per heavy atom. The summed E-state index contributed by atoms with van der Waals surface area (Å²) in [7, 11) is 3.27. The van der Waals surface area contributed by atoms with Gasteiger partial charge in [-0.25, -0.2) is 4.39 Å². The summed E-state index contributed by atoms with van der Waals surface area (Å²) >= 11 is 0. The molecule has 60 valence electrons. The lowest BCUT2D eigenvalue weighted by atomic mass is 10.3. The van der Waals surface area contributed by atoms with Crippen molar-refractivity contribution in [2.24, 2.45) is 0 Å². The van der Waals surface area contributed by atoms with E-state index in [4.69, 9.17) is 4.74 Å². The van der Waals surface area contributed by atoms with Crippen LogP contribution in [0.3, 0.4) is 0 Å². The van der Waals surface area contributed by atoms with Gasteiger partial charge in [-0.3, -0.25) is 0 Å². The van der Waals surface area contributed by atoms with Gasteiger partial charge in [0.1, 0.15) is 11.6 Å². The van der Waals surface area contributed by atoms with Gasteiger partial charge in [-0.2, -0.15) is 0 Å². The van der Waals surface area contributed by atoms with E-state index in [2.05, 4.69) is 5.32 Å². The molecule has 0 aliphatic carbocycles. The molecular weight excluding hydrogens is 145 g/mol. The molecular formula is C8H10FNO. The molecule has 0 radical (unpaired) electrons. The molecule has 1 aromatic rings. The molecule has 0 atom stereocenters. The van der Waals surface area contributed by atoms with Crippen molar-refractivity contribution in [2.75, 3.05) is 19.5 Å². The van der Waals surface area contributed by atoms with E-state index < -0.39 is 0 Å². The first-order valence-corrected chi connectivity index (χ1v) is 3.29. The maximum atomic E-state index is 12.6. The quantitative estimate of drug-likeness (QED) is 0.704. The fraction of sp³-hybridized carbons (Fsp3) is 0.250. The highest BCUT2D eigenvalue weighted by Crippen LogP contribution is 2.23. The zero-order chi connectivity index (χ0) is 8.27. The van der Waals surface area contributed by atoms with E-state index >= 15 is 0 Å². The van der Waals surface area contributed by atoms with Crippen LogP contribution in [0.2, 0.25) is 0 Å². The van der Waals surface area contributed by atoms with Crippen LogP contribution < -0.4 is 10.1 Å². The first-order chi connectivity index (χ1) is 5.27. The molecule has 0 spiro atoms. The van der Waals surface area contributed by atoms with Gasteiger partial charge in [0.15, 0.2) is 0 Å². The van der Waals surface area contributed by atoms with Crippen LogP contribution in [0.1, 0.15) is 0 Å². The average molecular weight is 155 g/mol. The van der Waals surface area contributed by atoms with Crippen molar-refractivity contribution >= 4 is 5.69 Å². The molecule has 1 rings (SSSR count). The van der Waals surface area contributed by atoms with E-state index in [1.165, 1.54) is 19.2 Å². The summed E-state index contributed by atoms with van der Waals surface area (Å²) in [5.74, 6) is 0.230. The minimum Gasteiger partial charge on any atom is -0.494 e. The lowest BCUT2D eigenvalue weighted by Crippen LogP contribution is -1.93. The molecule has 0 aliphatic rings. The number of hydrogen-bond acceptors (Lipinski definition) is 2. The van der Waals surface area contributed by atoms with Gasteiger partial charge in [0.25, 0.3) is 0 Å².